The summed E-state index contributed by atoms with van der Waals surface area (Å²) in [4.78, 5) is 14.9. The number of likely N-dealkylation sites (tertiary alicyclic amines) is 1. The van der Waals surface area contributed by atoms with E-state index in [1.54, 1.807) is 24.3 Å². The molecule has 6 nitrogen and oxygen atoms in total. The number of aliphatic hydroxyl groups excluding tert-OH is 1. The monoisotopic (exact) mass is 337 g/mol. The topological polar surface area (TPSA) is 78.5 Å². The van der Waals surface area contributed by atoms with Crippen molar-refractivity contribution in [1.29, 1.82) is 0 Å². The first-order valence-corrected chi connectivity index (χ1v) is 8.22. The minimum absolute atomic E-state index is 0.101. The van der Waals surface area contributed by atoms with Crippen LogP contribution < -0.4 is 4.74 Å². The normalized spacial score (nSPS) is 20.2. The van der Waals surface area contributed by atoms with Gasteiger partial charge >= 0.3 is 0 Å². The first kappa shape index (κ1) is 15.7. The number of rotatable bonds is 3. The third kappa shape index (κ3) is 2.74. The Bertz CT molecular complexity index is 921. The highest BCUT2D eigenvalue weighted by molar-refractivity contribution is 6.06. The first-order valence-electron chi connectivity index (χ1n) is 8.22. The number of aromatic amines is 1. The van der Waals surface area contributed by atoms with Crippen LogP contribution in [0.1, 0.15) is 28.4 Å². The summed E-state index contributed by atoms with van der Waals surface area (Å²) >= 11 is 0. The van der Waals surface area contributed by atoms with Crippen molar-refractivity contribution in [2.75, 3.05) is 13.7 Å². The second kappa shape index (κ2) is 6.22. The second-order valence-corrected chi connectivity index (χ2v) is 6.28. The van der Waals surface area contributed by atoms with Gasteiger partial charge in [-0.1, -0.05) is 18.2 Å². The summed E-state index contributed by atoms with van der Waals surface area (Å²) in [5.74, 6) is 0.639. The van der Waals surface area contributed by atoms with Crippen LogP contribution in [0.3, 0.4) is 0 Å². The maximum Gasteiger partial charge on any atom is 0.255 e. The summed E-state index contributed by atoms with van der Waals surface area (Å²) < 4.78 is 5.29. The van der Waals surface area contributed by atoms with E-state index in [4.69, 9.17) is 4.74 Å². The summed E-state index contributed by atoms with van der Waals surface area (Å²) in [6.07, 6.45) is 1.64. The Hall–Kier alpha value is -2.86. The van der Waals surface area contributed by atoms with Crippen LogP contribution in [0.25, 0.3) is 10.9 Å². The van der Waals surface area contributed by atoms with E-state index in [0.29, 0.717) is 18.5 Å². The fraction of sp³-hybridized carbons (Fsp3) is 0.263. The van der Waals surface area contributed by atoms with Crippen LogP contribution in [0.15, 0.2) is 48.7 Å². The molecule has 1 aromatic heterocycles. The van der Waals surface area contributed by atoms with Gasteiger partial charge in [0.15, 0.2) is 0 Å². The third-order valence-electron chi connectivity index (χ3n) is 4.73. The standard InChI is InChI=1S/C19H19N3O3/c1-25-14-5-2-4-12(8-14)18-9-13(23)11-22(18)19(24)15-6-3-7-17-16(15)10-20-21-17/h2-8,10,13,18,23H,9,11H2,1H3,(H,20,21). The number of nitrogens with one attached hydrogen (secondary N) is 1. The van der Waals surface area contributed by atoms with Crippen molar-refractivity contribution >= 4 is 16.8 Å². The summed E-state index contributed by atoms with van der Waals surface area (Å²) in [5, 5.41) is 17.9. The first-order chi connectivity index (χ1) is 12.2. The molecule has 1 amide bonds. The fourth-order valence-corrected chi connectivity index (χ4v) is 3.51. The molecule has 0 aliphatic carbocycles. The van der Waals surface area contributed by atoms with Crippen molar-refractivity contribution in [3.05, 3.63) is 59.8 Å². The lowest BCUT2D eigenvalue weighted by Crippen LogP contribution is -2.31. The Labute approximate surface area is 145 Å². The zero-order valence-corrected chi connectivity index (χ0v) is 13.8. The Morgan fingerprint density at radius 1 is 1.32 bits per heavy atom. The van der Waals surface area contributed by atoms with E-state index in [2.05, 4.69) is 10.2 Å². The average molecular weight is 337 g/mol. The summed E-state index contributed by atoms with van der Waals surface area (Å²) in [7, 11) is 1.62. The summed E-state index contributed by atoms with van der Waals surface area (Å²) in [5.41, 5.74) is 2.38. The molecule has 2 heterocycles. The number of aliphatic hydroxyl groups is 1. The Morgan fingerprint density at radius 2 is 2.16 bits per heavy atom. The van der Waals surface area contributed by atoms with Gasteiger partial charge in [-0.15, -0.1) is 0 Å². The van der Waals surface area contributed by atoms with Gasteiger partial charge in [-0.25, -0.2) is 0 Å². The number of aromatic nitrogens is 2. The lowest BCUT2D eigenvalue weighted by molar-refractivity contribution is 0.0717. The molecule has 25 heavy (non-hydrogen) atoms. The molecule has 1 fully saturated rings. The van der Waals surface area contributed by atoms with Crippen molar-refractivity contribution in [3.63, 3.8) is 0 Å². The maximum atomic E-state index is 13.2. The van der Waals surface area contributed by atoms with E-state index in [0.717, 1.165) is 22.2 Å². The smallest absolute Gasteiger partial charge is 0.255 e. The van der Waals surface area contributed by atoms with Crippen molar-refractivity contribution in [3.8, 4) is 5.75 Å². The third-order valence-corrected chi connectivity index (χ3v) is 4.73. The largest absolute Gasteiger partial charge is 0.497 e. The van der Waals surface area contributed by atoms with Crippen LogP contribution in [-0.2, 0) is 0 Å². The van der Waals surface area contributed by atoms with Gasteiger partial charge < -0.3 is 14.7 Å². The highest BCUT2D eigenvalue weighted by Gasteiger charge is 2.36. The number of fused-ring (bicyclic) bond motifs is 1. The SMILES string of the molecule is COc1cccc(C2CC(O)CN2C(=O)c2cccc3[nH]ncc23)c1. The maximum absolute atomic E-state index is 13.2. The minimum Gasteiger partial charge on any atom is -0.497 e. The van der Waals surface area contributed by atoms with Crippen LogP contribution >= 0.6 is 0 Å². The van der Waals surface area contributed by atoms with Crippen molar-refractivity contribution in [2.24, 2.45) is 0 Å². The van der Waals surface area contributed by atoms with Gasteiger partial charge in [-0.05, 0) is 36.2 Å². The number of H-pyrrole nitrogens is 1. The molecule has 2 unspecified atom stereocenters. The van der Waals surface area contributed by atoms with Gasteiger partial charge in [0.1, 0.15) is 5.75 Å². The van der Waals surface area contributed by atoms with Crippen LogP contribution in [0.5, 0.6) is 5.75 Å². The Morgan fingerprint density at radius 3 is 3.00 bits per heavy atom. The van der Waals surface area contributed by atoms with Crippen molar-refractivity contribution in [1.82, 2.24) is 15.1 Å². The number of β-amino-alcohol motifs (C(OH)–C–C–N with tert-alkyl or cyclic N) is 1. The Kier molecular flexibility index (Phi) is 3.89. The molecule has 1 saturated heterocycles. The van der Waals surface area contributed by atoms with Gasteiger partial charge in [0.2, 0.25) is 0 Å². The lowest BCUT2D eigenvalue weighted by atomic mass is 10.0. The molecule has 3 aromatic rings. The molecule has 1 aliphatic rings. The molecule has 0 saturated carbocycles. The van der Waals surface area contributed by atoms with Crippen molar-refractivity contribution < 1.29 is 14.6 Å². The van der Waals surface area contributed by atoms with Crippen LogP contribution in [-0.4, -0.2) is 45.9 Å². The summed E-state index contributed by atoms with van der Waals surface area (Å²) in [6.45, 7) is 0.314. The molecule has 2 aromatic carbocycles. The van der Waals surface area contributed by atoms with E-state index in [9.17, 15) is 9.90 Å². The van der Waals surface area contributed by atoms with E-state index in [-0.39, 0.29) is 11.9 Å². The van der Waals surface area contributed by atoms with Crippen molar-refractivity contribution in [2.45, 2.75) is 18.6 Å². The lowest BCUT2D eigenvalue weighted by Gasteiger charge is -2.25. The highest BCUT2D eigenvalue weighted by atomic mass is 16.5. The minimum atomic E-state index is -0.538. The highest BCUT2D eigenvalue weighted by Crippen LogP contribution is 2.35. The van der Waals surface area contributed by atoms with Gasteiger partial charge in [-0.3, -0.25) is 9.89 Å². The molecule has 2 N–H and O–H groups in total. The summed E-state index contributed by atoms with van der Waals surface area (Å²) in [6, 6.07) is 13.0. The molecule has 0 bridgehead atoms. The quantitative estimate of drug-likeness (QED) is 0.770. The van der Waals surface area contributed by atoms with Gasteiger partial charge in [0, 0.05) is 11.9 Å². The molecule has 0 spiro atoms. The molecule has 1 aliphatic heterocycles. The number of nitrogens with zero attached hydrogens (tertiary/aromatic N) is 2. The van der Waals surface area contributed by atoms with Gasteiger partial charge in [0.25, 0.3) is 5.91 Å². The van der Waals surface area contributed by atoms with Gasteiger partial charge in [-0.2, -0.15) is 5.10 Å². The van der Waals surface area contributed by atoms with E-state index >= 15 is 0 Å². The number of ether oxygens (including phenoxy) is 1. The number of benzene rings is 2. The van der Waals surface area contributed by atoms with E-state index in [1.165, 1.54) is 0 Å². The molecular weight excluding hydrogens is 318 g/mol. The molecule has 0 radical (unpaired) electrons. The predicted octanol–water partition coefficient (Wildman–Crippen LogP) is 2.52. The zero-order chi connectivity index (χ0) is 17.4. The molecule has 4 rings (SSSR count). The predicted molar refractivity (Wildman–Crippen MR) is 93.5 cm³/mol. The second-order valence-electron chi connectivity index (χ2n) is 6.28. The van der Waals surface area contributed by atoms with Crippen LogP contribution in [0, 0.1) is 0 Å². The number of methoxy groups -OCH3 is 1. The van der Waals surface area contributed by atoms with E-state index in [1.807, 2.05) is 36.4 Å². The molecule has 2 atom stereocenters. The number of carbonyl (C=O) groups excluding carboxylic acids is 1. The molecular formula is C19H19N3O3. The van der Waals surface area contributed by atoms with E-state index < -0.39 is 6.10 Å². The average Bonchev–Trinajstić information content (AvgIpc) is 3.27. The van der Waals surface area contributed by atoms with Crippen LogP contribution in [0.4, 0.5) is 0 Å². The Balaban J connectivity index is 1.72. The number of hydrogen-bond donors (Lipinski definition) is 2. The zero-order valence-electron chi connectivity index (χ0n) is 13.8. The number of carbonyl (C=O) groups is 1. The van der Waals surface area contributed by atoms with Crippen LogP contribution in [0.2, 0.25) is 0 Å². The fourth-order valence-electron chi connectivity index (χ4n) is 3.51. The van der Waals surface area contributed by atoms with Gasteiger partial charge in [0.05, 0.1) is 36.5 Å². The number of amides is 1. The molecule has 128 valence electrons. The number of hydrogen-bond acceptors (Lipinski definition) is 4. The molecule has 6 heteroatoms.